The highest BCUT2D eigenvalue weighted by atomic mass is 14.9. The molecule has 2 fully saturated rings. The number of nitrogens with one attached hydrogen (secondary N) is 2. The second kappa shape index (κ2) is 6.61. The first-order valence-corrected chi connectivity index (χ1v) is 7.28. The number of piperidine rings is 1. The van der Waals surface area contributed by atoms with Crippen molar-refractivity contribution in [2.24, 2.45) is 11.8 Å². The molecule has 16 heavy (non-hydrogen) atoms. The summed E-state index contributed by atoms with van der Waals surface area (Å²) in [5, 5.41) is 7.26. The van der Waals surface area contributed by atoms with Gasteiger partial charge in [0.2, 0.25) is 0 Å². The van der Waals surface area contributed by atoms with Crippen molar-refractivity contribution in [3.05, 3.63) is 0 Å². The van der Waals surface area contributed by atoms with E-state index in [9.17, 15) is 0 Å². The van der Waals surface area contributed by atoms with Crippen molar-refractivity contribution in [1.29, 1.82) is 0 Å². The van der Waals surface area contributed by atoms with Crippen LogP contribution in [0.1, 0.15) is 51.9 Å². The normalized spacial score (nSPS) is 33.6. The molecule has 1 saturated carbocycles. The van der Waals surface area contributed by atoms with Gasteiger partial charge < -0.3 is 10.6 Å². The Balaban J connectivity index is 1.64. The summed E-state index contributed by atoms with van der Waals surface area (Å²) in [6.07, 6.45) is 9.88. The van der Waals surface area contributed by atoms with Crippen LogP contribution in [0.2, 0.25) is 0 Å². The van der Waals surface area contributed by atoms with Crippen molar-refractivity contribution in [3.63, 3.8) is 0 Å². The van der Waals surface area contributed by atoms with Gasteiger partial charge in [-0.1, -0.05) is 19.8 Å². The van der Waals surface area contributed by atoms with Gasteiger partial charge in [-0.25, -0.2) is 0 Å². The number of rotatable bonds is 3. The molecule has 2 atom stereocenters. The minimum Gasteiger partial charge on any atom is -0.317 e. The van der Waals surface area contributed by atoms with Crippen LogP contribution in [0.25, 0.3) is 0 Å². The van der Waals surface area contributed by atoms with Crippen LogP contribution in [0.5, 0.6) is 0 Å². The molecule has 2 nitrogen and oxygen atoms in total. The second-order valence-corrected chi connectivity index (χ2v) is 5.91. The standard InChI is InChI=1S/C14H28N2/c1-12-3-2-4-14(6-5-12)16-11-13-7-9-15-10-8-13/h12-16H,2-11H2,1H3. The van der Waals surface area contributed by atoms with Crippen LogP contribution >= 0.6 is 0 Å². The molecule has 1 heterocycles. The molecule has 94 valence electrons. The van der Waals surface area contributed by atoms with E-state index in [1.54, 1.807) is 0 Å². The van der Waals surface area contributed by atoms with E-state index in [-0.39, 0.29) is 0 Å². The fourth-order valence-corrected chi connectivity index (χ4v) is 3.11. The van der Waals surface area contributed by atoms with Crippen LogP contribution in [-0.2, 0) is 0 Å². The predicted molar refractivity (Wildman–Crippen MR) is 69.6 cm³/mol. The SMILES string of the molecule is CC1CCCC(NCC2CCNCC2)CC1. The summed E-state index contributed by atoms with van der Waals surface area (Å²) in [5.74, 6) is 1.90. The molecule has 0 aromatic carbocycles. The number of hydrogen-bond acceptors (Lipinski definition) is 2. The van der Waals surface area contributed by atoms with Crippen molar-refractivity contribution in [2.45, 2.75) is 57.9 Å². The highest BCUT2D eigenvalue weighted by molar-refractivity contribution is 4.76. The molecule has 2 heteroatoms. The van der Waals surface area contributed by atoms with E-state index in [1.807, 2.05) is 0 Å². The minimum absolute atomic E-state index is 0.819. The Hall–Kier alpha value is -0.0800. The lowest BCUT2D eigenvalue weighted by molar-refractivity contribution is 0.329. The molecule has 2 rings (SSSR count). The van der Waals surface area contributed by atoms with Crippen LogP contribution in [0, 0.1) is 11.8 Å². The smallest absolute Gasteiger partial charge is 0.00672 e. The molecule has 0 aromatic heterocycles. The van der Waals surface area contributed by atoms with Gasteiger partial charge >= 0.3 is 0 Å². The monoisotopic (exact) mass is 224 g/mol. The Bertz CT molecular complexity index is 187. The van der Waals surface area contributed by atoms with Gasteiger partial charge in [-0.05, 0) is 63.6 Å². The molecule has 2 N–H and O–H groups in total. The first-order chi connectivity index (χ1) is 7.84. The zero-order chi connectivity index (χ0) is 11.2. The van der Waals surface area contributed by atoms with Gasteiger partial charge in [0.15, 0.2) is 0 Å². The molecule has 0 amide bonds. The van der Waals surface area contributed by atoms with Crippen molar-refractivity contribution in [1.82, 2.24) is 10.6 Å². The Kier molecular flexibility index (Phi) is 5.11. The van der Waals surface area contributed by atoms with Crippen LogP contribution < -0.4 is 10.6 Å². The zero-order valence-electron chi connectivity index (χ0n) is 10.8. The minimum atomic E-state index is 0.819. The summed E-state index contributed by atoms with van der Waals surface area (Å²) in [4.78, 5) is 0. The average Bonchev–Trinajstić information content (AvgIpc) is 2.53. The van der Waals surface area contributed by atoms with E-state index in [1.165, 1.54) is 64.6 Å². The summed E-state index contributed by atoms with van der Waals surface area (Å²) in [5.41, 5.74) is 0. The number of hydrogen-bond donors (Lipinski definition) is 2. The lowest BCUT2D eigenvalue weighted by Crippen LogP contribution is -2.37. The first-order valence-electron chi connectivity index (χ1n) is 7.28. The quantitative estimate of drug-likeness (QED) is 0.720. The lowest BCUT2D eigenvalue weighted by atomic mass is 9.97. The molecule has 0 spiro atoms. The van der Waals surface area contributed by atoms with Crippen LogP contribution in [0.3, 0.4) is 0 Å². The summed E-state index contributed by atoms with van der Waals surface area (Å²) < 4.78 is 0. The maximum absolute atomic E-state index is 3.82. The van der Waals surface area contributed by atoms with Crippen LogP contribution in [0.4, 0.5) is 0 Å². The van der Waals surface area contributed by atoms with Gasteiger partial charge in [-0.15, -0.1) is 0 Å². The molecule has 0 radical (unpaired) electrons. The molecule has 2 unspecified atom stereocenters. The molecule has 1 aliphatic heterocycles. The molecule has 1 saturated heterocycles. The van der Waals surface area contributed by atoms with Gasteiger partial charge in [0.1, 0.15) is 0 Å². The summed E-state index contributed by atoms with van der Waals surface area (Å²) >= 11 is 0. The van der Waals surface area contributed by atoms with E-state index in [0.717, 1.165) is 17.9 Å². The summed E-state index contributed by atoms with van der Waals surface area (Å²) in [7, 11) is 0. The van der Waals surface area contributed by atoms with E-state index in [2.05, 4.69) is 17.6 Å². The van der Waals surface area contributed by atoms with Gasteiger partial charge in [0.05, 0.1) is 0 Å². The third kappa shape index (κ3) is 4.06. The topological polar surface area (TPSA) is 24.1 Å². The first kappa shape index (κ1) is 12.4. The summed E-state index contributed by atoms with van der Waals surface area (Å²) in [6.45, 7) is 6.14. The highest BCUT2D eigenvalue weighted by Crippen LogP contribution is 2.23. The summed E-state index contributed by atoms with van der Waals surface area (Å²) in [6, 6.07) is 0.819. The Morgan fingerprint density at radius 1 is 1.00 bits per heavy atom. The van der Waals surface area contributed by atoms with Crippen LogP contribution in [0.15, 0.2) is 0 Å². The van der Waals surface area contributed by atoms with Gasteiger partial charge in [0.25, 0.3) is 0 Å². The maximum Gasteiger partial charge on any atom is 0.00672 e. The molecule has 2 aliphatic rings. The fourth-order valence-electron chi connectivity index (χ4n) is 3.11. The van der Waals surface area contributed by atoms with Gasteiger partial charge in [0, 0.05) is 6.04 Å². The van der Waals surface area contributed by atoms with Gasteiger partial charge in [-0.3, -0.25) is 0 Å². The largest absolute Gasteiger partial charge is 0.317 e. The average molecular weight is 224 g/mol. The van der Waals surface area contributed by atoms with Crippen molar-refractivity contribution >= 4 is 0 Å². The van der Waals surface area contributed by atoms with Crippen molar-refractivity contribution < 1.29 is 0 Å². The van der Waals surface area contributed by atoms with Crippen LogP contribution in [-0.4, -0.2) is 25.7 Å². The third-order valence-electron chi connectivity index (χ3n) is 4.41. The molecule has 0 bridgehead atoms. The lowest BCUT2D eigenvalue weighted by Gasteiger charge is -2.25. The predicted octanol–water partition coefficient (Wildman–Crippen LogP) is 2.54. The Labute approximate surface area is 101 Å². The zero-order valence-corrected chi connectivity index (χ0v) is 10.8. The Morgan fingerprint density at radius 3 is 2.62 bits per heavy atom. The molecule has 0 aromatic rings. The van der Waals surface area contributed by atoms with E-state index in [0.29, 0.717) is 0 Å². The van der Waals surface area contributed by atoms with E-state index < -0.39 is 0 Å². The van der Waals surface area contributed by atoms with Crippen molar-refractivity contribution in [3.8, 4) is 0 Å². The maximum atomic E-state index is 3.82. The van der Waals surface area contributed by atoms with E-state index >= 15 is 0 Å². The molecular formula is C14H28N2. The molecule has 1 aliphatic carbocycles. The third-order valence-corrected chi connectivity index (χ3v) is 4.41. The molecular weight excluding hydrogens is 196 g/mol. The van der Waals surface area contributed by atoms with E-state index in [4.69, 9.17) is 0 Å². The van der Waals surface area contributed by atoms with Crippen molar-refractivity contribution in [2.75, 3.05) is 19.6 Å². The van der Waals surface area contributed by atoms with Gasteiger partial charge in [-0.2, -0.15) is 0 Å². The second-order valence-electron chi connectivity index (χ2n) is 5.91. The fraction of sp³-hybridized carbons (Fsp3) is 1.00. The Morgan fingerprint density at radius 2 is 1.81 bits per heavy atom. The highest BCUT2D eigenvalue weighted by Gasteiger charge is 2.18.